The van der Waals surface area contributed by atoms with Crippen LogP contribution in [0.15, 0.2) is 41.0 Å². The number of halogens is 1. The van der Waals surface area contributed by atoms with E-state index in [9.17, 15) is 4.79 Å². The Labute approximate surface area is 148 Å². The van der Waals surface area contributed by atoms with Gasteiger partial charge in [-0.3, -0.25) is 4.79 Å². The Balaban J connectivity index is 2.00. The average molecular weight is 364 g/mol. The maximum atomic E-state index is 12.1. The number of thioether (sulfide) groups is 2. The second-order valence-corrected chi connectivity index (χ2v) is 7.60. The Hall–Kier alpha value is -1.50. The first-order chi connectivity index (χ1) is 11.1. The summed E-state index contributed by atoms with van der Waals surface area (Å²) in [6.45, 7) is 3.90. The highest BCUT2D eigenvalue weighted by Gasteiger charge is 2.23. The SMILES string of the molecule is CCSC1=N/C(=C\c2c(C)nn(-c3ccccc3)c2Cl)C(=O)S1. The van der Waals surface area contributed by atoms with Crippen molar-refractivity contribution in [2.24, 2.45) is 4.99 Å². The van der Waals surface area contributed by atoms with E-state index in [1.165, 1.54) is 11.8 Å². The highest BCUT2D eigenvalue weighted by molar-refractivity contribution is 8.45. The van der Waals surface area contributed by atoms with Crippen LogP contribution in [0.1, 0.15) is 18.2 Å². The van der Waals surface area contributed by atoms with Gasteiger partial charge in [0.25, 0.3) is 0 Å². The predicted octanol–water partition coefficient (Wildman–Crippen LogP) is 4.56. The number of rotatable bonds is 3. The van der Waals surface area contributed by atoms with E-state index in [-0.39, 0.29) is 5.12 Å². The standard InChI is InChI=1S/C16H14ClN3OS2/c1-3-22-16-18-13(15(21)23-16)9-12-10(2)19-20(14(12)17)11-7-5-4-6-8-11/h4-9H,3H2,1-2H3/b13-9-. The van der Waals surface area contributed by atoms with Crippen molar-refractivity contribution >= 4 is 50.7 Å². The fourth-order valence-corrected chi connectivity index (χ4v) is 4.19. The van der Waals surface area contributed by atoms with Crippen LogP contribution in [0.3, 0.4) is 0 Å². The van der Waals surface area contributed by atoms with E-state index in [4.69, 9.17) is 11.6 Å². The van der Waals surface area contributed by atoms with Gasteiger partial charge in [0.1, 0.15) is 15.2 Å². The van der Waals surface area contributed by atoms with Crippen molar-refractivity contribution < 1.29 is 4.79 Å². The van der Waals surface area contributed by atoms with Gasteiger partial charge in [-0.25, -0.2) is 9.67 Å². The lowest BCUT2D eigenvalue weighted by Gasteiger charge is -2.02. The Bertz CT molecular complexity index is 812. The monoisotopic (exact) mass is 363 g/mol. The van der Waals surface area contributed by atoms with Gasteiger partial charge in [-0.15, -0.1) is 0 Å². The third-order valence-electron chi connectivity index (χ3n) is 3.20. The predicted molar refractivity (Wildman–Crippen MR) is 99.5 cm³/mol. The number of benzene rings is 1. The highest BCUT2D eigenvalue weighted by atomic mass is 35.5. The largest absolute Gasteiger partial charge is 0.279 e. The van der Waals surface area contributed by atoms with Gasteiger partial charge in [0.05, 0.1) is 11.4 Å². The molecule has 0 amide bonds. The Morgan fingerprint density at radius 3 is 2.78 bits per heavy atom. The quantitative estimate of drug-likeness (QED) is 0.750. The zero-order valence-electron chi connectivity index (χ0n) is 12.6. The average Bonchev–Trinajstić information content (AvgIpc) is 3.03. The van der Waals surface area contributed by atoms with E-state index in [2.05, 4.69) is 10.1 Å². The molecule has 23 heavy (non-hydrogen) atoms. The van der Waals surface area contributed by atoms with Crippen molar-refractivity contribution in [3.8, 4) is 5.69 Å². The molecule has 1 aliphatic rings. The molecular formula is C16H14ClN3OS2. The van der Waals surface area contributed by atoms with E-state index in [1.54, 1.807) is 22.5 Å². The number of aryl methyl sites for hydroxylation is 1. The molecule has 1 aromatic heterocycles. The molecule has 0 unspecified atom stereocenters. The second-order valence-electron chi connectivity index (χ2n) is 4.77. The third kappa shape index (κ3) is 3.39. The molecule has 3 rings (SSSR count). The molecule has 118 valence electrons. The van der Waals surface area contributed by atoms with Crippen molar-refractivity contribution in [1.82, 2.24) is 9.78 Å². The lowest BCUT2D eigenvalue weighted by molar-refractivity contribution is -0.107. The Morgan fingerprint density at radius 1 is 1.35 bits per heavy atom. The summed E-state index contributed by atoms with van der Waals surface area (Å²) in [4.78, 5) is 16.4. The first kappa shape index (κ1) is 16.4. The second kappa shape index (κ2) is 6.95. The van der Waals surface area contributed by atoms with Crippen LogP contribution in [0.2, 0.25) is 5.15 Å². The normalized spacial score (nSPS) is 16.2. The van der Waals surface area contributed by atoms with Gasteiger partial charge in [0.15, 0.2) is 0 Å². The first-order valence-electron chi connectivity index (χ1n) is 7.06. The van der Waals surface area contributed by atoms with Crippen molar-refractivity contribution in [2.45, 2.75) is 13.8 Å². The summed E-state index contributed by atoms with van der Waals surface area (Å²) in [6, 6.07) is 9.65. The van der Waals surface area contributed by atoms with Gasteiger partial charge in [0.2, 0.25) is 5.12 Å². The number of hydrogen-bond donors (Lipinski definition) is 0. The number of para-hydroxylation sites is 1. The third-order valence-corrected chi connectivity index (χ3v) is 5.45. The molecule has 0 bridgehead atoms. The topological polar surface area (TPSA) is 47.2 Å². The van der Waals surface area contributed by atoms with Gasteiger partial charge in [-0.05, 0) is 42.6 Å². The number of aromatic nitrogens is 2. The molecule has 0 saturated heterocycles. The molecular weight excluding hydrogens is 350 g/mol. The number of nitrogens with zero attached hydrogens (tertiary/aromatic N) is 3. The minimum absolute atomic E-state index is 0.0520. The first-order valence-corrected chi connectivity index (χ1v) is 9.24. The van der Waals surface area contributed by atoms with E-state index in [0.29, 0.717) is 10.9 Å². The molecule has 0 spiro atoms. The minimum Gasteiger partial charge on any atom is -0.279 e. The van der Waals surface area contributed by atoms with Gasteiger partial charge in [-0.1, -0.05) is 48.5 Å². The van der Waals surface area contributed by atoms with Crippen molar-refractivity contribution in [3.63, 3.8) is 0 Å². The summed E-state index contributed by atoms with van der Waals surface area (Å²) in [5, 5.41) is 4.90. The van der Waals surface area contributed by atoms with E-state index >= 15 is 0 Å². The maximum absolute atomic E-state index is 12.1. The summed E-state index contributed by atoms with van der Waals surface area (Å²) >= 11 is 9.20. The highest BCUT2D eigenvalue weighted by Crippen LogP contribution is 2.33. The molecule has 1 aliphatic heterocycles. The molecule has 0 N–H and O–H groups in total. The van der Waals surface area contributed by atoms with Crippen LogP contribution in [0, 0.1) is 6.92 Å². The molecule has 7 heteroatoms. The lowest BCUT2D eigenvalue weighted by atomic mass is 10.2. The fourth-order valence-electron chi connectivity index (χ4n) is 2.13. The summed E-state index contributed by atoms with van der Waals surface area (Å²) in [6.07, 6.45) is 1.72. The number of carbonyl (C=O) groups excluding carboxylic acids is 1. The van der Waals surface area contributed by atoms with Crippen molar-refractivity contribution in [3.05, 3.63) is 52.4 Å². The van der Waals surface area contributed by atoms with Gasteiger partial charge in [-0.2, -0.15) is 5.10 Å². The molecule has 0 fully saturated rings. The lowest BCUT2D eigenvalue weighted by Crippen LogP contribution is -1.95. The molecule has 0 atom stereocenters. The molecule has 2 aromatic rings. The van der Waals surface area contributed by atoms with E-state index in [0.717, 1.165) is 27.1 Å². The van der Waals surface area contributed by atoms with Crippen molar-refractivity contribution in [1.29, 1.82) is 0 Å². The van der Waals surface area contributed by atoms with Crippen LogP contribution in [-0.2, 0) is 4.79 Å². The molecule has 0 radical (unpaired) electrons. The molecule has 0 aliphatic carbocycles. The van der Waals surface area contributed by atoms with Crippen LogP contribution in [0.5, 0.6) is 0 Å². The smallest absolute Gasteiger partial charge is 0.244 e. The van der Waals surface area contributed by atoms with Crippen LogP contribution < -0.4 is 0 Å². The zero-order chi connectivity index (χ0) is 16.4. The number of carbonyl (C=O) groups is 1. The Morgan fingerprint density at radius 2 is 2.09 bits per heavy atom. The minimum atomic E-state index is -0.0520. The van der Waals surface area contributed by atoms with Gasteiger partial charge in [0, 0.05) is 5.56 Å². The van der Waals surface area contributed by atoms with E-state index in [1.807, 2.05) is 44.2 Å². The van der Waals surface area contributed by atoms with Crippen LogP contribution in [0.4, 0.5) is 0 Å². The Kier molecular flexibility index (Phi) is 4.94. The summed E-state index contributed by atoms with van der Waals surface area (Å²) in [5.41, 5.74) is 2.79. The number of hydrogen-bond acceptors (Lipinski definition) is 5. The molecule has 2 heterocycles. The van der Waals surface area contributed by atoms with Gasteiger partial charge < -0.3 is 0 Å². The van der Waals surface area contributed by atoms with Crippen molar-refractivity contribution in [2.75, 3.05) is 5.75 Å². The maximum Gasteiger partial charge on any atom is 0.244 e. The van der Waals surface area contributed by atoms with Gasteiger partial charge >= 0.3 is 0 Å². The summed E-state index contributed by atoms with van der Waals surface area (Å²) in [7, 11) is 0. The van der Waals surface area contributed by atoms with E-state index < -0.39 is 0 Å². The summed E-state index contributed by atoms with van der Waals surface area (Å²) in [5.74, 6) is 0.887. The van der Waals surface area contributed by atoms with Crippen LogP contribution in [-0.4, -0.2) is 25.0 Å². The molecule has 0 saturated carbocycles. The molecule has 4 nitrogen and oxygen atoms in total. The molecule has 1 aromatic carbocycles. The fraction of sp³-hybridized carbons (Fsp3) is 0.188. The van der Waals surface area contributed by atoms with Crippen LogP contribution >= 0.6 is 35.1 Å². The number of aliphatic imine (C=N–C) groups is 1. The van der Waals surface area contributed by atoms with Crippen LogP contribution in [0.25, 0.3) is 11.8 Å². The summed E-state index contributed by atoms with van der Waals surface area (Å²) < 4.78 is 2.45. The zero-order valence-corrected chi connectivity index (χ0v) is 15.0.